The number of phenols is 1. The first-order valence-electron chi connectivity index (χ1n) is 4.13. The van der Waals surface area contributed by atoms with Gasteiger partial charge in [-0.3, -0.25) is 0 Å². The smallest absolute Gasteiger partial charge is 0.134 e. The number of halogens is 3. The van der Waals surface area contributed by atoms with E-state index in [0.717, 1.165) is 22.9 Å². The van der Waals surface area contributed by atoms with Crippen LogP contribution in [0.4, 0.5) is 0 Å². The van der Waals surface area contributed by atoms with Gasteiger partial charge in [0.2, 0.25) is 0 Å². The van der Waals surface area contributed by atoms with Gasteiger partial charge in [-0.2, -0.15) is 0 Å². The Morgan fingerprint density at radius 3 is 2.64 bits per heavy atom. The van der Waals surface area contributed by atoms with Crippen molar-refractivity contribution in [3.05, 3.63) is 25.6 Å². The van der Waals surface area contributed by atoms with E-state index < -0.39 is 0 Å². The summed E-state index contributed by atoms with van der Waals surface area (Å²) in [5.74, 6) is 0.201. The van der Waals surface area contributed by atoms with E-state index in [-0.39, 0.29) is 5.75 Å². The molecule has 0 unspecified atom stereocenters. The highest BCUT2D eigenvalue weighted by atomic mass is 79.9. The summed E-state index contributed by atoms with van der Waals surface area (Å²) in [5, 5.41) is 10.2. The predicted octanol–water partition coefficient (Wildman–Crippen LogP) is 3.46. The minimum atomic E-state index is 0.201. The maximum absolute atomic E-state index is 9.74. The molecule has 0 aliphatic carbocycles. The van der Waals surface area contributed by atoms with Crippen LogP contribution in [-0.2, 0) is 6.42 Å². The van der Waals surface area contributed by atoms with Gasteiger partial charge in [0.15, 0.2) is 0 Å². The molecular formula is C9H10Br2ClNO. The van der Waals surface area contributed by atoms with Gasteiger partial charge >= 0.3 is 0 Å². The largest absolute Gasteiger partial charge is 0.506 e. The first-order valence-corrected chi connectivity index (χ1v) is 6.09. The van der Waals surface area contributed by atoms with Crippen molar-refractivity contribution < 1.29 is 5.11 Å². The molecule has 1 aromatic carbocycles. The maximum Gasteiger partial charge on any atom is 0.134 e. The second kappa shape index (κ2) is 5.35. The molecule has 0 saturated carbocycles. The zero-order chi connectivity index (χ0) is 10.7. The number of hydrogen-bond donors (Lipinski definition) is 2. The summed E-state index contributed by atoms with van der Waals surface area (Å²) in [7, 11) is 0. The van der Waals surface area contributed by atoms with Gasteiger partial charge in [0, 0.05) is 4.47 Å². The Kier molecular flexibility index (Phi) is 4.70. The Morgan fingerprint density at radius 2 is 2.07 bits per heavy atom. The summed E-state index contributed by atoms with van der Waals surface area (Å²) in [6.07, 6.45) is 1.59. The van der Waals surface area contributed by atoms with Crippen LogP contribution >= 0.6 is 43.5 Å². The molecular weight excluding hydrogens is 333 g/mol. The molecule has 5 heteroatoms. The summed E-state index contributed by atoms with van der Waals surface area (Å²) >= 11 is 12.5. The SMILES string of the molecule is NCCCc1cc(Br)c(Cl)c(Br)c1O. The number of nitrogens with two attached hydrogens (primary N) is 1. The fourth-order valence-corrected chi connectivity index (χ4v) is 2.47. The molecule has 14 heavy (non-hydrogen) atoms. The molecule has 0 bridgehead atoms. The van der Waals surface area contributed by atoms with Crippen molar-refractivity contribution in [2.45, 2.75) is 12.8 Å². The lowest BCUT2D eigenvalue weighted by Crippen LogP contribution is -2.00. The first kappa shape index (κ1) is 12.3. The summed E-state index contributed by atoms with van der Waals surface area (Å²) in [5.41, 5.74) is 6.25. The summed E-state index contributed by atoms with van der Waals surface area (Å²) in [6, 6.07) is 1.82. The molecule has 0 aliphatic rings. The Balaban J connectivity index is 3.06. The molecule has 0 aliphatic heterocycles. The van der Waals surface area contributed by atoms with Gasteiger partial charge in [0.05, 0.1) is 9.50 Å². The zero-order valence-electron chi connectivity index (χ0n) is 7.36. The number of benzene rings is 1. The molecule has 0 spiro atoms. The van der Waals surface area contributed by atoms with Crippen molar-refractivity contribution in [3.8, 4) is 5.75 Å². The van der Waals surface area contributed by atoms with Crippen LogP contribution < -0.4 is 5.73 Å². The lowest BCUT2D eigenvalue weighted by Gasteiger charge is -2.08. The Labute approximate surface area is 105 Å². The summed E-state index contributed by atoms with van der Waals surface area (Å²) in [4.78, 5) is 0. The minimum absolute atomic E-state index is 0.201. The van der Waals surface area contributed by atoms with Crippen molar-refractivity contribution >= 4 is 43.5 Å². The highest BCUT2D eigenvalue weighted by Gasteiger charge is 2.12. The van der Waals surface area contributed by atoms with Crippen LogP contribution in [0.5, 0.6) is 5.75 Å². The maximum atomic E-state index is 9.74. The highest BCUT2D eigenvalue weighted by molar-refractivity contribution is 9.11. The van der Waals surface area contributed by atoms with Crippen LogP contribution in [0.25, 0.3) is 0 Å². The van der Waals surface area contributed by atoms with Gasteiger partial charge in [-0.1, -0.05) is 11.6 Å². The average Bonchev–Trinajstić information content (AvgIpc) is 2.18. The van der Waals surface area contributed by atoms with Crippen LogP contribution in [-0.4, -0.2) is 11.7 Å². The molecule has 0 atom stereocenters. The van der Waals surface area contributed by atoms with Crippen molar-refractivity contribution in [1.29, 1.82) is 0 Å². The van der Waals surface area contributed by atoms with Crippen LogP contribution in [0.15, 0.2) is 15.0 Å². The third-order valence-corrected chi connectivity index (χ3v) is 4.11. The third-order valence-electron chi connectivity index (χ3n) is 1.87. The quantitative estimate of drug-likeness (QED) is 0.826. The van der Waals surface area contributed by atoms with Crippen molar-refractivity contribution in [1.82, 2.24) is 0 Å². The molecule has 0 heterocycles. The third kappa shape index (κ3) is 2.63. The summed E-state index contributed by atoms with van der Waals surface area (Å²) in [6.45, 7) is 0.608. The Hall–Kier alpha value is 0.230. The van der Waals surface area contributed by atoms with E-state index in [4.69, 9.17) is 17.3 Å². The standard InChI is InChI=1S/C9H10Br2ClNO/c10-6-4-5(2-1-3-13)9(14)7(11)8(6)12/h4,14H,1-3,13H2. The lowest BCUT2D eigenvalue weighted by atomic mass is 10.1. The van der Waals surface area contributed by atoms with E-state index in [1.165, 1.54) is 0 Å². The van der Waals surface area contributed by atoms with E-state index >= 15 is 0 Å². The van der Waals surface area contributed by atoms with Crippen LogP contribution in [0.1, 0.15) is 12.0 Å². The molecule has 1 rings (SSSR count). The lowest BCUT2D eigenvalue weighted by molar-refractivity contribution is 0.463. The number of rotatable bonds is 3. The fourth-order valence-electron chi connectivity index (χ4n) is 1.12. The predicted molar refractivity (Wildman–Crippen MR) is 65.9 cm³/mol. The van der Waals surface area contributed by atoms with Crippen LogP contribution in [0, 0.1) is 0 Å². The Morgan fingerprint density at radius 1 is 1.43 bits per heavy atom. The minimum Gasteiger partial charge on any atom is -0.506 e. The molecule has 1 aromatic rings. The molecule has 3 N–H and O–H groups in total. The van der Waals surface area contributed by atoms with E-state index in [2.05, 4.69) is 31.9 Å². The number of aromatic hydroxyl groups is 1. The molecule has 0 aromatic heterocycles. The molecule has 0 fully saturated rings. The molecule has 78 valence electrons. The molecule has 0 amide bonds. The van der Waals surface area contributed by atoms with E-state index in [0.29, 0.717) is 16.0 Å². The van der Waals surface area contributed by atoms with Crippen LogP contribution in [0.3, 0.4) is 0 Å². The van der Waals surface area contributed by atoms with E-state index in [1.807, 2.05) is 6.07 Å². The fraction of sp³-hybridized carbons (Fsp3) is 0.333. The zero-order valence-corrected chi connectivity index (χ0v) is 11.3. The highest BCUT2D eigenvalue weighted by Crippen LogP contribution is 2.40. The van der Waals surface area contributed by atoms with Gasteiger partial charge in [0.1, 0.15) is 5.75 Å². The summed E-state index contributed by atoms with van der Waals surface area (Å²) < 4.78 is 1.30. The number of phenolic OH excluding ortho intramolecular Hbond substituents is 1. The topological polar surface area (TPSA) is 46.2 Å². The van der Waals surface area contributed by atoms with E-state index in [9.17, 15) is 5.11 Å². The number of aryl methyl sites for hydroxylation is 1. The molecule has 2 nitrogen and oxygen atoms in total. The second-order valence-corrected chi connectivity index (χ2v) is 4.91. The molecule has 0 radical (unpaired) electrons. The van der Waals surface area contributed by atoms with Gasteiger partial charge in [-0.05, 0) is 62.9 Å². The Bertz CT molecular complexity index is 344. The normalized spacial score (nSPS) is 10.6. The monoisotopic (exact) mass is 341 g/mol. The van der Waals surface area contributed by atoms with Gasteiger partial charge in [-0.25, -0.2) is 0 Å². The van der Waals surface area contributed by atoms with Crippen LogP contribution in [0.2, 0.25) is 5.02 Å². The van der Waals surface area contributed by atoms with Crippen molar-refractivity contribution in [2.24, 2.45) is 5.73 Å². The average molecular weight is 343 g/mol. The van der Waals surface area contributed by atoms with Crippen molar-refractivity contribution in [2.75, 3.05) is 6.54 Å². The van der Waals surface area contributed by atoms with E-state index in [1.54, 1.807) is 0 Å². The number of hydrogen-bond acceptors (Lipinski definition) is 2. The van der Waals surface area contributed by atoms with Crippen molar-refractivity contribution in [3.63, 3.8) is 0 Å². The van der Waals surface area contributed by atoms with Gasteiger partial charge in [0.25, 0.3) is 0 Å². The molecule has 0 saturated heterocycles. The first-order chi connectivity index (χ1) is 6.57. The van der Waals surface area contributed by atoms with Gasteiger partial charge < -0.3 is 10.8 Å². The second-order valence-electron chi connectivity index (χ2n) is 2.89. The van der Waals surface area contributed by atoms with Gasteiger partial charge in [-0.15, -0.1) is 0 Å².